The minimum absolute atomic E-state index is 0.157. The number of methoxy groups -OCH3 is 1. The van der Waals surface area contributed by atoms with Crippen LogP contribution in [0.4, 0.5) is 19.1 Å². The third-order valence-electron chi connectivity index (χ3n) is 4.17. The number of benzene rings is 1. The van der Waals surface area contributed by atoms with Gasteiger partial charge in [-0.2, -0.15) is 18.3 Å². The Morgan fingerprint density at radius 2 is 1.93 bits per heavy atom. The summed E-state index contributed by atoms with van der Waals surface area (Å²) in [5.41, 5.74) is -0.261. The topological polar surface area (TPSA) is 69.0 Å². The normalized spacial score (nSPS) is 15.4. The number of halogens is 3. The van der Waals surface area contributed by atoms with E-state index >= 15 is 0 Å². The van der Waals surface area contributed by atoms with Gasteiger partial charge in [-0.15, -0.1) is 5.11 Å². The first-order chi connectivity index (χ1) is 13.0. The molecule has 1 aliphatic rings. The monoisotopic (exact) mass is 380 g/mol. The smallest absolute Gasteiger partial charge is 0.433 e. The van der Waals surface area contributed by atoms with Crippen LogP contribution in [0.5, 0.6) is 11.5 Å². The molecule has 9 heteroatoms. The lowest BCUT2D eigenvalue weighted by molar-refractivity contribution is -0.141. The molecule has 1 aliphatic carbocycles. The van der Waals surface area contributed by atoms with Crippen molar-refractivity contribution in [1.29, 1.82) is 0 Å². The van der Waals surface area contributed by atoms with E-state index in [0.717, 1.165) is 43.5 Å². The Morgan fingerprint density at radius 3 is 2.63 bits per heavy atom. The SMILES string of the molecule is COc1ccc(CN=Nc2nccc(C(F)(F)F)n2)cc1OC1CCCC1. The van der Waals surface area contributed by atoms with Gasteiger partial charge >= 0.3 is 6.18 Å². The summed E-state index contributed by atoms with van der Waals surface area (Å²) in [6, 6.07) is 6.17. The largest absolute Gasteiger partial charge is 0.493 e. The fourth-order valence-corrected chi connectivity index (χ4v) is 2.83. The van der Waals surface area contributed by atoms with Crippen molar-refractivity contribution in [3.05, 3.63) is 41.7 Å². The van der Waals surface area contributed by atoms with Crippen LogP contribution in [0.2, 0.25) is 0 Å². The van der Waals surface area contributed by atoms with Crippen LogP contribution in [0.25, 0.3) is 0 Å². The summed E-state index contributed by atoms with van der Waals surface area (Å²) in [7, 11) is 1.57. The predicted molar refractivity (Wildman–Crippen MR) is 91.1 cm³/mol. The van der Waals surface area contributed by atoms with Crippen molar-refractivity contribution in [2.45, 2.75) is 44.5 Å². The maximum absolute atomic E-state index is 12.6. The third kappa shape index (κ3) is 5.15. The van der Waals surface area contributed by atoms with Crippen molar-refractivity contribution in [3.8, 4) is 11.5 Å². The average molecular weight is 380 g/mol. The highest BCUT2D eigenvalue weighted by Crippen LogP contribution is 2.33. The fraction of sp³-hybridized carbons (Fsp3) is 0.444. The first kappa shape index (κ1) is 19.1. The van der Waals surface area contributed by atoms with Crippen LogP contribution < -0.4 is 9.47 Å². The standard InChI is InChI=1S/C18H19F3N4O2/c1-26-14-7-6-12(10-15(14)27-13-4-2-3-5-13)11-23-25-17-22-9-8-16(24-17)18(19,20)21/h6-10,13H,2-5,11H2,1H3. The van der Waals surface area contributed by atoms with Gasteiger partial charge < -0.3 is 9.47 Å². The predicted octanol–water partition coefficient (Wildman–Crippen LogP) is 5.11. The van der Waals surface area contributed by atoms with E-state index in [2.05, 4.69) is 20.2 Å². The molecule has 0 unspecified atom stereocenters. The molecule has 6 nitrogen and oxygen atoms in total. The van der Waals surface area contributed by atoms with Crippen molar-refractivity contribution >= 4 is 5.95 Å². The van der Waals surface area contributed by atoms with Crippen LogP contribution >= 0.6 is 0 Å². The third-order valence-corrected chi connectivity index (χ3v) is 4.17. The van der Waals surface area contributed by atoms with Crippen LogP contribution in [0.3, 0.4) is 0 Å². The number of hydrogen-bond acceptors (Lipinski definition) is 6. The van der Waals surface area contributed by atoms with Crippen molar-refractivity contribution in [2.75, 3.05) is 7.11 Å². The Hall–Kier alpha value is -2.71. The molecule has 0 atom stereocenters. The molecule has 0 saturated heterocycles. The highest BCUT2D eigenvalue weighted by Gasteiger charge is 2.32. The zero-order chi connectivity index (χ0) is 19.3. The quantitative estimate of drug-likeness (QED) is 0.653. The Bertz CT molecular complexity index is 805. The van der Waals surface area contributed by atoms with E-state index in [1.54, 1.807) is 19.2 Å². The summed E-state index contributed by atoms with van der Waals surface area (Å²) < 4.78 is 49.3. The zero-order valence-corrected chi connectivity index (χ0v) is 14.7. The summed E-state index contributed by atoms with van der Waals surface area (Å²) >= 11 is 0. The van der Waals surface area contributed by atoms with Gasteiger partial charge in [0.05, 0.1) is 19.8 Å². The minimum Gasteiger partial charge on any atom is -0.493 e. The van der Waals surface area contributed by atoms with Gasteiger partial charge in [-0.05, 0) is 49.4 Å². The number of ether oxygens (including phenoxy) is 2. The van der Waals surface area contributed by atoms with Gasteiger partial charge in [0.15, 0.2) is 11.5 Å². The average Bonchev–Trinajstić information content (AvgIpc) is 3.15. The van der Waals surface area contributed by atoms with E-state index in [1.165, 1.54) is 0 Å². The van der Waals surface area contributed by atoms with Crippen molar-refractivity contribution < 1.29 is 22.6 Å². The molecule has 1 heterocycles. The second kappa shape index (κ2) is 8.32. The van der Waals surface area contributed by atoms with Crippen LogP contribution in [0, 0.1) is 0 Å². The van der Waals surface area contributed by atoms with Gasteiger partial charge in [-0.1, -0.05) is 6.07 Å². The Labute approximate surface area is 154 Å². The molecule has 0 N–H and O–H groups in total. The van der Waals surface area contributed by atoms with Gasteiger partial charge in [0.25, 0.3) is 5.95 Å². The second-order valence-corrected chi connectivity index (χ2v) is 6.15. The van der Waals surface area contributed by atoms with E-state index in [0.29, 0.717) is 11.5 Å². The highest BCUT2D eigenvalue weighted by atomic mass is 19.4. The first-order valence-electron chi connectivity index (χ1n) is 8.57. The molecule has 1 saturated carbocycles. The van der Waals surface area contributed by atoms with Crippen LogP contribution in [-0.4, -0.2) is 23.2 Å². The van der Waals surface area contributed by atoms with Crippen LogP contribution in [0.1, 0.15) is 36.9 Å². The molecular weight excluding hydrogens is 361 g/mol. The van der Waals surface area contributed by atoms with Crippen LogP contribution in [-0.2, 0) is 12.7 Å². The molecule has 0 spiro atoms. The molecule has 0 aliphatic heterocycles. The van der Waals surface area contributed by atoms with E-state index < -0.39 is 11.9 Å². The van der Waals surface area contributed by atoms with Gasteiger partial charge in [0, 0.05) is 6.20 Å². The summed E-state index contributed by atoms with van der Waals surface area (Å²) in [6.07, 6.45) is 0.963. The lowest BCUT2D eigenvalue weighted by atomic mass is 10.2. The lowest BCUT2D eigenvalue weighted by Crippen LogP contribution is -2.11. The van der Waals surface area contributed by atoms with E-state index in [1.807, 2.05) is 6.07 Å². The Kier molecular flexibility index (Phi) is 5.88. The summed E-state index contributed by atoms with van der Waals surface area (Å²) in [4.78, 5) is 7.03. The number of alkyl halides is 3. The lowest BCUT2D eigenvalue weighted by Gasteiger charge is -2.16. The Morgan fingerprint density at radius 1 is 1.15 bits per heavy atom. The minimum atomic E-state index is -4.55. The molecule has 27 heavy (non-hydrogen) atoms. The molecular formula is C18H19F3N4O2. The van der Waals surface area contributed by atoms with Gasteiger partial charge in [0.2, 0.25) is 0 Å². The molecule has 144 valence electrons. The number of nitrogens with zero attached hydrogens (tertiary/aromatic N) is 4. The van der Waals surface area contributed by atoms with E-state index in [4.69, 9.17) is 9.47 Å². The number of azo groups is 1. The Balaban J connectivity index is 1.69. The molecule has 0 bridgehead atoms. The van der Waals surface area contributed by atoms with Crippen molar-refractivity contribution in [1.82, 2.24) is 9.97 Å². The summed E-state index contributed by atoms with van der Waals surface area (Å²) in [5, 5.41) is 7.58. The van der Waals surface area contributed by atoms with Crippen molar-refractivity contribution in [3.63, 3.8) is 0 Å². The molecule has 1 fully saturated rings. The molecule has 3 rings (SSSR count). The number of aromatic nitrogens is 2. The van der Waals surface area contributed by atoms with Gasteiger partial charge in [-0.25, -0.2) is 9.97 Å². The van der Waals surface area contributed by atoms with Gasteiger partial charge in [-0.3, -0.25) is 0 Å². The van der Waals surface area contributed by atoms with Crippen LogP contribution in [0.15, 0.2) is 40.7 Å². The van der Waals surface area contributed by atoms with E-state index in [-0.39, 0.29) is 18.6 Å². The molecule has 0 amide bonds. The maximum atomic E-state index is 12.6. The highest BCUT2D eigenvalue weighted by molar-refractivity contribution is 5.43. The summed E-state index contributed by atoms with van der Waals surface area (Å²) in [5.74, 6) is 0.928. The van der Waals surface area contributed by atoms with Crippen molar-refractivity contribution in [2.24, 2.45) is 10.2 Å². The zero-order valence-electron chi connectivity index (χ0n) is 14.7. The molecule has 1 aromatic heterocycles. The first-order valence-corrected chi connectivity index (χ1v) is 8.57. The number of hydrogen-bond donors (Lipinski definition) is 0. The molecule has 1 aromatic carbocycles. The maximum Gasteiger partial charge on any atom is 0.433 e. The summed E-state index contributed by atoms with van der Waals surface area (Å²) in [6.45, 7) is 0.157. The fourth-order valence-electron chi connectivity index (χ4n) is 2.83. The number of rotatable bonds is 6. The second-order valence-electron chi connectivity index (χ2n) is 6.15. The van der Waals surface area contributed by atoms with E-state index in [9.17, 15) is 13.2 Å². The molecule has 2 aromatic rings. The van der Waals surface area contributed by atoms with Gasteiger partial charge in [0.1, 0.15) is 5.69 Å². The molecule has 0 radical (unpaired) electrons.